The molecule has 0 N–H and O–H groups in total. The van der Waals surface area contributed by atoms with E-state index in [1.807, 2.05) is 24.3 Å². The molecule has 0 bridgehead atoms. The van der Waals surface area contributed by atoms with E-state index in [4.69, 9.17) is 16.6 Å². The van der Waals surface area contributed by atoms with Crippen LogP contribution in [0.25, 0.3) is 20.4 Å². The van der Waals surface area contributed by atoms with E-state index in [9.17, 15) is 4.79 Å². The SMILES string of the molecule is COC(=O)c1cc2c(=S)c3ccccc3sc2o1. The van der Waals surface area contributed by atoms with Crippen molar-refractivity contribution in [1.29, 1.82) is 0 Å². The highest BCUT2D eigenvalue weighted by molar-refractivity contribution is 7.72. The number of ether oxygens (including phenoxy) is 1. The lowest BCUT2D eigenvalue weighted by Gasteiger charge is -1.96. The van der Waals surface area contributed by atoms with Crippen LogP contribution in [0.4, 0.5) is 0 Å². The molecule has 0 unspecified atom stereocenters. The van der Waals surface area contributed by atoms with E-state index in [1.54, 1.807) is 6.07 Å². The summed E-state index contributed by atoms with van der Waals surface area (Å²) >= 11 is 6.90. The summed E-state index contributed by atoms with van der Waals surface area (Å²) in [7, 11) is 1.32. The maximum Gasteiger partial charge on any atom is 0.374 e. The molecule has 0 aliphatic heterocycles. The first-order chi connectivity index (χ1) is 8.70. The number of esters is 1. The zero-order valence-electron chi connectivity index (χ0n) is 9.43. The molecular formula is C13H8O3S2. The summed E-state index contributed by atoms with van der Waals surface area (Å²) in [5.74, 6) is -0.304. The van der Waals surface area contributed by atoms with Gasteiger partial charge in [-0.15, -0.1) is 0 Å². The summed E-state index contributed by atoms with van der Waals surface area (Å²) in [5, 5.41) is 1.79. The molecule has 0 atom stereocenters. The summed E-state index contributed by atoms with van der Waals surface area (Å²) in [5.41, 5.74) is 0. The molecular weight excluding hydrogens is 268 g/mol. The van der Waals surface area contributed by atoms with Crippen molar-refractivity contribution in [2.45, 2.75) is 0 Å². The van der Waals surface area contributed by atoms with E-state index in [0.29, 0.717) is 9.41 Å². The van der Waals surface area contributed by atoms with Crippen LogP contribution in [0.15, 0.2) is 34.7 Å². The molecule has 0 amide bonds. The van der Waals surface area contributed by atoms with Crippen molar-refractivity contribution in [1.82, 2.24) is 0 Å². The van der Waals surface area contributed by atoms with Gasteiger partial charge in [0.05, 0.1) is 17.0 Å². The van der Waals surface area contributed by atoms with Crippen LogP contribution in [0.2, 0.25) is 0 Å². The van der Waals surface area contributed by atoms with E-state index in [1.165, 1.54) is 18.4 Å². The van der Waals surface area contributed by atoms with E-state index in [2.05, 4.69) is 4.74 Å². The number of hydrogen-bond acceptors (Lipinski definition) is 5. The maximum atomic E-state index is 11.4. The molecule has 3 nitrogen and oxygen atoms in total. The van der Waals surface area contributed by atoms with Gasteiger partial charge in [0, 0.05) is 16.2 Å². The summed E-state index contributed by atoms with van der Waals surface area (Å²) < 4.78 is 11.9. The van der Waals surface area contributed by atoms with E-state index >= 15 is 0 Å². The Morgan fingerprint density at radius 2 is 2.11 bits per heavy atom. The number of methoxy groups -OCH3 is 1. The predicted octanol–water partition coefficient (Wildman–Crippen LogP) is 4.16. The molecule has 0 aliphatic rings. The number of benzene rings is 1. The Hall–Kier alpha value is -1.72. The molecule has 0 aliphatic carbocycles. The average molecular weight is 276 g/mol. The zero-order valence-corrected chi connectivity index (χ0v) is 11.1. The molecule has 0 saturated carbocycles. The molecule has 0 fully saturated rings. The van der Waals surface area contributed by atoms with Crippen LogP contribution >= 0.6 is 23.6 Å². The Morgan fingerprint density at radius 1 is 1.33 bits per heavy atom. The van der Waals surface area contributed by atoms with E-state index < -0.39 is 5.97 Å². The van der Waals surface area contributed by atoms with Crippen LogP contribution in [0.3, 0.4) is 0 Å². The number of carbonyl (C=O) groups excluding carboxylic acids is 1. The second-order valence-electron chi connectivity index (χ2n) is 3.73. The largest absolute Gasteiger partial charge is 0.463 e. The second kappa shape index (κ2) is 4.19. The topological polar surface area (TPSA) is 39.4 Å². The summed E-state index contributed by atoms with van der Waals surface area (Å²) in [4.78, 5) is 12.1. The van der Waals surface area contributed by atoms with Crippen LogP contribution in [-0.4, -0.2) is 13.1 Å². The molecule has 0 spiro atoms. The molecule has 18 heavy (non-hydrogen) atoms. The number of hydrogen-bond donors (Lipinski definition) is 0. The number of furan rings is 1. The molecule has 1 aromatic carbocycles. The highest BCUT2D eigenvalue weighted by Crippen LogP contribution is 2.32. The lowest BCUT2D eigenvalue weighted by atomic mass is 10.2. The third kappa shape index (κ3) is 1.63. The fraction of sp³-hybridized carbons (Fsp3) is 0.0769. The Balaban J connectivity index is 2.40. The normalized spacial score (nSPS) is 10.9. The van der Waals surface area contributed by atoms with Crippen LogP contribution in [0.5, 0.6) is 0 Å². The Kier molecular flexibility index (Phi) is 2.65. The lowest BCUT2D eigenvalue weighted by Crippen LogP contribution is -1.97. The smallest absolute Gasteiger partial charge is 0.374 e. The standard InChI is InChI=1S/C13H8O3S2/c1-15-12(14)9-6-8-11(17)7-4-2-3-5-10(7)18-13(8)16-9/h2-6H,1H3. The third-order valence-corrected chi connectivity index (χ3v) is 4.17. The maximum absolute atomic E-state index is 11.4. The number of fused-ring (bicyclic) bond motifs is 2. The van der Waals surface area contributed by atoms with Gasteiger partial charge in [0.1, 0.15) is 0 Å². The second-order valence-corrected chi connectivity index (χ2v) is 5.15. The van der Waals surface area contributed by atoms with Crippen LogP contribution in [0, 0.1) is 4.51 Å². The lowest BCUT2D eigenvalue weighted by molar-refractivity contribution is 0.0568. The van der Waals surface area contributed by atoms with Gasteiger partial charge in [0.25, 0.3) is 0 Å². The van der Waals surface area contributed by atoms with E-state index in [-0.39, 0.29) is 5.76 Å². The zero-order chi connectivity index (χ0) is 12.7. The van der Waals surface area contributed by atoms with Gasteiger partial charge in [-0.3, -0.25) is 0 Å². The quantitative estimate of drug-likeness (QED) is 0.494. The third-order valence-electron chi connectivity index (χ3n) is 2.66. The summed E-state index contributed by atoms with van der Waals surface area (Å²) in [6.45, 7) is 0. The molecule has 3 rings (SSSR count). The minimum absolute atomic E-state index is 0.185. The van der Waals surface area contributed by atoms with Crippen molar-refractivity contribution in [3.05, 3.63) is 40.6 Å². The monoisotopic (exact) mass is 276 g/mol. The van der Waals surface area contributed by atoms with Gasteiger partial charge in [0.15, 0.2) is 4.90 Å². The molecule has 3 aromatic rings. The van der Waals surface area contributed by atoms with Gasteiger partial charge < -0.3 is 9.15 Å². The van der Waals surface area contributed by atoms with Gasteiger partial charge in [0.2, 0.25) is 5.76 Å². The van der Waals surface area contributed by atoms with Gasteiger partial charge in [-0.25, -0.2) is 4.79 Å². The fourth-order valence-electron chi connectivity index (χ4n) is 1.80. The highest BCUT2D eigenvalue weighted by atomic mass is 32.1. The van der Waals surface area contributed by atoms with Gasteiger partial charge in [-0.2, -0.15) is 0 Å². The number of rotatable bonds is 1. The predicted molar refractivity (Wildman–Crippen MR) is 73.8 cm³/mol. The van der Waals surface area contributed by atoms with Crippen molar-refractivity contribution >= 4 is 49.9 Å². The first-order valence-corrected chi connectivity index (χ1v) is 6.47. The highest BCUT2D eigenvalue weighted by Gasteiger charge is 2.14. The first-order valence-electron chi connectivity index (χ1n) is 5.24. The number of carbonyl (C=O) groups is 1. The average Bonchev–Trinajstić information content (AvgIpc) is 2.82. The van der Waals surface area contributed by atoms with Crippen LogP contribution in [0.1, 0.15) is 10.6 Å². The van der Waals surface area contributed by atoms with Crippen LogP contribution in [-0.2, 0) is 4.74 Å². The Morgan fingerprint density at radius 3 is 2.89 bits per heavy atom. The molecule has 2 aromatic heterocycles. The van der Waals surface area contributed by atoms with Gasteiger partial charge >= 0.3 is 5.97 Å². The van der Waals surface area contributed by atoms with Gasteiger partial charge in [-0.1, -0.05) is 41.8 Å². The Bertz CT molecular complexity index is 814. The van der Waals surface area contributed by atoms with Crippen LogP contribution < -0.4 is 0 Å². The fourth-order valence-corrected chi connectivity index (χ4v) is 3.29. The van der Waals surface area contributed by atoms with Crippen molar-refractivity contribution < 1.29 is 13.9 Å². The molecule has 0 saturated heterocycles. The molecule has 2 heterocycles. The van der Waals surface area contributed by atoms with Crippen molar-refractivity contribution in [2.75, 3.05) is 7.11 Å². The Labute approximate surface area is 112 Å². The van der Waals surface area contributed by atoms with Gasteiger partial charge in [-0.05, 0) is 6.07 Å². The molecule has 5 heteroatoms. The molecule has 0 radical (unpaired) electrons. The van der Waals surface area contributed by atoms with Crippen molar-refractivity contribution in [3.63, 3.8) is 0 Å². The summed E-state index contributed by atoms with van der Waals surface area (Å²) in [6.07, 6.45) is 0. The minimum atomic E-state index is -0.489. The van der Waals surface area contributed by atoms with E-state index in [0.717, 1.165) is 15.5 Å². The molecule has 90 valence electrons. The minimum Gasteiger partial charge on any atom is -0.463 e. The van der Waals surface area contributed by atoms with Crippen molar-refractivity contribution in [3.8, 4) is 0 Å². The first kappa shape index (κ1) is 11.4. The van der Waals surface area contributed by atoms with Crippen molar-refractivity contribution in [2.24, 2.45) is 0 Å². The summed E-state index contributed by atoms with van der Waals surface area (Å²) in [6, 6.07) is 9.49.